The van der Waals surface area contributed by atoms with Gasteiger partial charge in [-0.15, -0.1) is 0 Å². The molecule has 0 saturated heterocycles. The molecule has 0 heterocycles. The average molecular weight is 415 g/mol. The number of hydrogen-bond acceptors (Lipinski definition) is 3. The molecule has 4 heteroatoms. The van der Waals surface area contributed by atoms with Gasteiger partial charge < -0.3 is 10.2 Å². The van der Waals surface area contributed by atoms with Crippen LogP contribution in [0.25, 0.3) is 11.1 Å². The SMILES string of the molecule is CCN(CC)CCc1ccc(NC(=O)CC(=O)c2ccc(-c3ccccc3)cc2)cc1. The Labute approximate surface area is 184 Å². The molecule has 160 valence electrons. The first-order valence-corrected chi connectivity index (χ1v) is 10.9. The lowest BCUT2D eigenvalue weighted by molar-refractivity contribution is -0.115. The van der Waals surface area contributed by atoms with Crippen molar-refractivity contribution in [3.63, 3.8) is 0 Å². The van der Waals surface area contributed by atoms with Gasteiger partial charge in [0, 0.05) is 17.8 Å². The van der Waals surface area contributed by atoms with Gasteiger partial charge in [0.05, 0.1) is 6.42 Å². The summed E-state index contributed by atoms with van der Waals surface area (Å²) in [6.07, 6.45) is 0.807. The highest BCUT2D eigenvalue weighted by atomic mass is 16.2. The van der Waals surface area contributed by atoms with E-state index in [1.807, 2.05) is 66.7 Å². The minimum Gasteiger partial charge on any atom is -0.326 e. The van der Waals surface area contributed by atoms with E-state index in [1.165, 1.54) is 5.56 Å². The Morgan fingerprint density at radius 2 is 1.39 bits per heavy atom. The van der Waals surface area contributed by atoms with Crippen LogP contribution in [-0.2, 0) is 11.2 Å². The normalized spacial score (nSPS) is 10.8. The third kappa shape index (κ3) is 6.63. The van der Waals surface area contributed by atoms with E-state index >= 15 is 0 Å². The highest BCUT2D eigenvalue weighted by molar-refractivity contribution is 6.11. The Morgan fingerprint density at radius 1 is 0.774 bits per heavy atom. The summed E-state index contributed by atoms with van der Waals surface area (Å²) in [4.78, 5) is 27.2. The van der Waals surface area contributed by atoms with Crippen molar-refractivity contribution in [2.45, 2.75) is 26.7 Å². The summed E-state index contributed by atoms with van der Waals surface area (Å²) in [6.45, 7) is 7.46. The summed E-state index contributed by atoms with van der Waals surface area (Å²) in [6, 6.07) is 25.2. The van der Waals surface area contributed by atoms with Crippen molar-refractivity contribution in [2.24, 2.45) is 0 Å². The van der Waals surface area contributed by atoms with Gasteiger partial charge in [-0.25, -0.2) is 0 Å². The fraction of sp³-hybridized carbons (Fsp3) is 0.259. The van der Waals surface area contributed by atoms with Gasteiger partial charge in [-0.2, -0.15) is 0 Å². The van der Waals surface area contributed by atoms with Gasteiger partial charge in [0.1, 0.15) is 0 Å². The van der Waals surface area contributed by atoms with E-state index in [9.17, 15) is 9.59 Å². The Balaban J connectivity index is 1.51. The molecule has 0 fully saturated rings. The van der Waals surface area contributed by atoms with Crippen LogP contribution in [0, 0.1) is 0 Å². The van der Waals surface area contributed by atoms with Gasteiger partial charge in [0.25, 0.3) is 0 Å². The van der Waals surface area contributed by atoms with Crippen LogP contribution in [0.15, 0.2) is 78.9 Å². The van der Waals surface area contributed by atoms with Crippen molar-refractivity contribution in [3.8, 4) is 11.1 Å². The van der Waals surface area contributed by atoms with Crippen molar-refractivity contribution in [2.75, 3.05) is 25.0 Å². The number of benzene rings is 3. The number of amides is 1. The summed E-state index contributed by atoms with van der Waals surface area (Å²) in [5.41, 5.74) is 4.63. The predicted molar refractivity (Wildman–Crippen MR) is 127 cm³/mol. The minimum absolute atomic E-state index is 0.172. The average Bonchev–Trinajstić information content (AvgIpc) is 2.81. The quantitative estimate of drug-likeness (QED) is 0.354. The molecule has 1 N–H and O–H groups in total. The number of carbonyl (C=O) groups excluding carboxylic acids is 2. The number of hydrogen-bond donors (Lipinski definition) is 1. The van der Waals surface area contributed by atoms with Crippen molar-refractivity contribution in [3.05, 3.63) is 90.0 Å². The van der Waals surface area contributed by atoms with E-state index in [1.54, 1.807) is 12.1 Å². The van der Waals surface area contributed by atoms with Crippen molar-refractivity contribution < 1.29 is 9.59 Å². The molecule has 1 amide bonds. The zero-order chi connectivity index (χ0) is 22.1. The summed E-state index contributed by atoms with van der Waals surface area (Å²) in [5, 5.41) is 2.82. The predicted octanol–water partition coefficient (Wildman–Crippen LogP) is 5.45. The maximum atomic E-state index is 12.5. The molecular formula is C27H30N2O2. The molecule has 3 rings (SSSR count). The second-order valence-corrected chi connectivity index (χ2v) is 7.57. The number of ketones is 1. The molecule has 0 unspecified atom stereocenters. The zero-order valence-electron chi connectivity index (χ0n) is 18.3. The van der Waals surface area contributed by atoms with E-state index < -0.39 is 0 Å². The summed E-state index contributed by atoms with van der Waals surface area (Å²) < 4.78 is 0. The standard InChI is InChI=1S/C27H30N2O2/c1-3-29(4-2)19-18-21-10-16-25(17-11-21)28-27(31)20-26(30)24-14-12-23(13-15-24)22-8-6-5-7-9-22/h5-17H,3-4,18-20H2,1-2H3,(H,28,31). The lowest BCUT2D eigenvalue weighted by Crippen LogP contribution is -2.25. The smallest absolute Gasteiger partial charge is 0.232 e. The highest BCUT2D eigenvalue weighted by Gasteiger charge is 2.12. The van der Waals surface area contributed by atoms with Crippen LogP contribution in [0.2, 0.25) is 0 Å². The topological polar surface area (TPSA) is 49.4 Å². The molecule has 0 bridgehead atoms. The second kappa shape index (κ2) is 11.2. The number of carbonyl (C=O) groups is 2. The maximum Gasteiger partial charge on any atom is 0.232 e. The van der Waals surface area contributed by atoms with Crippen LogP contribution < -0.4 is 5.32 Å². The van der Waals surface area contributed by atoms with Crippen molar-refractivity contribution in [1.82, 2.24) is 4.90 Å². The van der Waals surface area contributed by atoms with Gasteiger partial charge >= 0.3 is 0 Å². The second-order valence-electron chi connectivity index (χ2n) is 7.57. The number of anilines is 1. The van der Waals surface area contributed by atoms with E-state index in [0.29, 0.717) is 11.3 Å². The summed E-state index contributed by atoms with van der Waals surface area (Å²) in [5.74, 6) is -0.485. The summed E-state index contributed by atoms with van der Waals surface area (Å²) in [7, 11) is 0. The molecule has 0 saturated carbocycles. The zero-order valence-corrected chi connectivity index (χ0v) is 18.3. The lowest BCUT2D eigenvalue weighted by Gasteiger charge is -2.17. The maximum absolute atomic E-state index is 12.5. The third-order valence-electron chi connectivity index (χ3n) is 5.48. The third-order valence-corrected chi connectivity index (χ3v) is 5.48. The Morgan fingerprint density at radius 3 is 2.00 bits per heavy atom. The number of likely N-dealkylation sites (N-methyl/N-ethyl adjacent to an activating group) is 1. The number of rotatable bonds is 10. The molecular weight excluding hydrogens is 384 g/mol. The van der Waals surface area contributed by atoms with Crippen LogP contribution in [0.4, 0.5) is 5.69 Å². The number of nitrogens with zero attached hydrogens (tertiary/aromatic N) is 1. The molecule has 0 radical (unpaired) electrons. The Bertz CT molecular complexity index is 976. The summed E-state index contributed by atoms with van der Waals surface area (Å²) >= 11 is 0. The van der Waals surface area contributed by atoms with E-state index in [0.717, 1.165) is 37.2 Å². The van der Waals surface area contributed by atoms with E-state index in [2.05, 4.69) is 24.1 Å². The van der Waals surface area contributed by atoms with Gasteiger partial charge in [-0.1, -0.05) is 80.6 Å². The Hall–Kier alpha value is -3.24. The molecule has 0 aliphatic rings. The van der Waals surface area contributed by atoms with Crippen LogP contribution in [0.3, 0.4) is 0 Å². The molecule has 0 aromatic heterocycles. The minimum atomic E-state index is -0.298. The van der Waals surface area contributed by atoms with Gasteiger partial charge in [0.2, 0.25) is 5.91 Å². The van der Waals surface area contributed by atoms with Crippen LogP contribution in [0.5, 0.6) is 0 Å². The molecule has 3 aromatic rings. The van der Waals surface area contributed by atoms with Gasteiger partial charge in [-0.3, -0.25) is 9.59 Å². The number of nitrogens with one attached hydrogen (secondary N) is 1. The largest absolute Gasteiger partial charge is 0.326 e. The van der Waals surface area contributed by atoms with Crippen molar-refractivity contribution >= 4 is 17.4 Å². The molecule has 3 aromatic carbocycles. The first-order valence-electron chi connectivity index (χ1n) is 10.9. The molecule has 0 atom stereocenters. The molecule has 0 aliphatic heterocycles. The molecule has 31 heavy (non-hydrogen) atoms. The van der Waals surface area contributed by atoms with Gasteiger partial charge in [0.15, 0.2) is 5.78 Å². The molecule has 0 spiro atoms. The van der Waals surface area contributed by atoms with Crippen molar-refractivity contribution in [1.29, 1.82) is 0 Å². The van der Waals surface area contributed by atoms with Crippen LogP contribution in [-0.4, -0.2) is 36.2 Å². The Kier molecular flexibility index (Phi) is 8.13. The van der Waals surface area contributed by atoms with Crippen LogP contribution >= 0.6 is 0 Å². The molecule has 0 aliphatic carbocycles. The van der Waals surface area contributed by atoms with E-state index in [-0.39, 0.29) is 18.1 Å². The fourth-order valence-electron chi connectivity index (χ4n) is 3.51. The lowest BCUT2D eigenvalue weighted by atomic mass is 10.0. The highest BCUT2D eigenvalue weighted by Crippen LogP contribution is 2.20. The first kappa shape index (κ1) is 22.4. The van der Waals surface area contributed by atoms with Gasteiger partial charge in [-0.05, 0) is 48.3 Å². The van der Waals surface area contributed by atoms with Crippen LogP contribution in [0.1, 0.15) is 36.2 Å². The molecule has 4 nitrogen and oxygen atoms in total. The van der Waals surface area contributed by atoms with E-state index in [4.69, 9.17) is 0 Å². The fourth-order valence-corrected chi connectivity index (χ4v) is 3.51. The number of Topliss-reactive ketones (excluding diaryl/α,β-unsaturated/α-hetero) is 1. The first-order chi connectivity index (χ1) is 15.1. The monoisotopic (exact) mass is 414 g/mol.